The van der Waals surface area contributed by atoms with Gasteiger partial charge in [-0.05, 0) is 23.4 Å². The van der Waals surface area contributed by atoms with Gasteiger partial charge in [0.2, 0.25) is 0 Å². The van der Waals surface area contributed by atoms with Crippen molar-refractivity contribution in [2.75, 3.05) is 11.5 Å². The molecule has 2 aromatic heterocycles. The Morgan fingerprint density at radius 3 is 2.35 bits per heavy atom. The summed E-state index contributed by atoms with van der Waals surface area (Å²) in [5.41, 5.74) is 17.6. The molecule has 17 heavy (non-hydrogen) atoms. The van der Waals surface area contributed by atoms with E-state index in [1.807, 2.05) is 12.1 Å². The lowest BCUT2D eigenvalue weighted by Crippen LogP contribution is -1.99. The fourth-order valence-corrected chi connectivity index (χ4v) is 1.92. The van der Waals surface area contributed by atoms with E-state index in [2.05, 4.69) is 15.0 Å². The van der Waals surface area contributed by atoms with Crippen LogP contribution in [0.15, 0.2) is 34.6 Å². The molecule has 0 unspecified atom stereocenters. The maximum Gasteiger partial charge on any atom is 0.197 e. The van der Waals surface area contributed by atoms with E-state index in [0.29, 0.717) is 23.3 Å². The Morgan fingerprint density at radius 1 is 1.12 bits per heavy atom. The molecule has 0 bridgehead atoms. The fraction of sp³-hybridized carbons (Fsp3) is 0.100. The molecule has 88 valence electrons. The summed E-state index contributed by atoms with van der Waals surface area (Å²) >= 11 is 1.30. The third kappa shape index (κ3) is 3.05. The lowest BCUT2D eigenvalue weighted by Gasteiger charge is -2.02. The number of rotatable bonds is 3. The summed E-state index contributed by atoms with van der Waals surface area (Å²) in [6.07, 6.45) is 1.72. The highest BCUT2D eigenvalue weighted by Gasteiger charge is 2.04. The van der Waals surface area contributed by atoms with Gasteiger partial charge in [0.25, 0.3) is 0 Å². The van der Waals surface area contributed by atoms with Crippen molar-refractivity contribution >= 4 is 23.4 Å². The maximum atomic E-state index is 5.58. The van der Waals surface area contributed by atoms with E-state index in [-0.39, 0.29) is 0 Å². The van der Waals surface area contributed by atoms with Crippen molar-refractivity contribution < 1.29 is 0 Å². The topological polar surface area (TPSA) is 117 Å². The first-order valence-corrected chi connectivity index (χ1v) is 5.72. The van der Waals surface area contributed by atoms with Gasteiger partial charge in [0, 0.05) is 18.8 Å². The van der Waals surface area contributed by atoms with Gasteiger partial charge in [-0.25, -0.2) is 15.0 Å². The van der Waals surface area contributed by atoms with Crippen LogP contribution in [-0.2, 0) is 6.54 Å². The van der Waals surface area contributed by atoms with Crippen molar-refractivity contribution in [3.8, 4) is 0 Å². The van der Waals surface area contributed by atoms with Crippen molar-refractivity contribution in [2.45, 2.75) is 16.7 Å². The number of aromatic nitrogens is 3. The average molecular weight is 248 g/mol. The number of pyridine rings is 1. The lowest BCUT2D eigenvalue weighted by atomic mass is 10.3. The fourth-order valence-electron chi connectivity index (χ4n) is 1.19. The van der Waals surface area contributed by atoms with Crippen LogP contribution >= 0.6 is 11.8 Å². The standard InChI is InChI=1S/C10H12N6S/c11-4-6-1-2-9(14-5-6)17-10-15-7(12)3-8(13)16-10/h1-3,5H,4,11H2,(H4,12,13,15,16). The summed E-state index contributed by atoms with van der Waals surface area (Å²) in [7, 11) is 0. The molecule has 0 aromatic carbocycles. The van der Waals surface area contributed by atoms with Crippen molar-refractivity contribution in [1.82, 2.24) is 15.0 Å². The molecule has 0 aliphatic carbocycles. The molecule has 0 spiro atoms. The average Bonchev–Trinajstić information content (AvgIpc) is 2.28. The molecule has 0 fully saturated rings. The maximum absolute atomic E-state index is 5.58. The first kappa shape index (κ1) is 11.6. The molecule has 7 heteroatoms. The molecule has 0 amide bonds. The third-order valence-electron chi connectivity index (χ3n) is 1.97. The molecule has 0 radical (unpaired) electrons. The van der Waals surface area contributed by atoms with Gasteiger partial charge < -0.3 is 17.2 Å². The summed E-state index contributed by atoms with van der Waals surface area (Å²) in [6, 6.07) is 5.27. The zero-order valence-corrected chi connectivity index (χ0v) is 9.81. The van der Waals surface area contributed by atoms with Crippen LogP contribution in [0.2, 0.25) is 0 Å². The minimum atomic E-state index is 0.346. The summed E-state index contributed by atoms with van der Waals surface area (Å²) in [4.78, 5) is 12.3. The van der Waals surface area contributed by atoms with Gasteiger partial charge in [-0.15, -0.1) is 0 Å². The van der Waals surface area contributed by atoms with Gasteiger partial charge in [0.1, 0.15) is 16.7 Å². The van der Waals surface area contributed by atoms with Crippen molar-refractivity contribution in [3.05, 3.63) is 30.0 Å². The molecule has 0 atom stereocenters. The molecule has 0 aliphatic heterocycles. The molecule has 2 aromatic rings. The number of nitrogens with two attached hydrogens (primary N) is 3. The molecule has 6 N–H and O–H groups in total. The van der Waals surface area contributed by atoms with E-state index in [9.17, 15) is 0 Å². The minimum absolute atomic E-state index is 0.346. The first-order valence-electron chi connectivity index (χ1n) is 4.90. The smallest absolute Gasteiger partial charge is 0.197 e. The predicted molar refractivity (Wildman–Crippen MR) is 67.1 cm³/mol. The lowest BCUT2D eigenvalue weighted by molar-refractivity contribution is 0.969. The van der Waals surface area contributed by atoms with Crippen LogP contribution < -0.4 is 17.2 Å². The molecule has 0 aliphatic rings. The van der Waals surface area contributed by atoms with Crippen LogP contribution in [-0.4, -0.2) is 15.0 Å². The highest BCUT2D eigenvalue weighted by atomic mass is 32.2. The summed E-state index contributed by atoms with van der Waals surface area (Å²) in [6.45, 7) is 0.472. The number of hydrogen-bond donors (Lipinski definition) is 3. The van der Waals surface area contributed by atoms with Crippen LogP contribution in [0.25, 0.3) is 0 Å². The first-order chi connectivity index (χ1) is 8.17. The minimum Gasteiger partial charge on any atom is -0.383 e. The largest absolute Gasteiger partial charge is 0.383 e. The Bertz CT molecular complexity index is 492. The van der Waals surface area contributed by atoms with Crippen LogP contribution in [0, 0.1) is 0 Å². The second-order valence-corrected chi connectivity index (χ2v) is 4.30. The van der Waals surface area contributed by atoms with Crippen molar-refractivity contribution in [3.63, 3.8) is 0 Å². The van der Waals surface area contributed by atoms with Gasteiger partial charge in [0.15, 0.2) is 5.16 Å². The van der Waals surface area contributed by atoms with Crippen molar-refractivity contribution in [2.24, 2.45) is 5.73 Å². The zero-order valence-electron chi connectivity index (χ0n) is 9.00. The molecular formula is C10H12N6S. The second-order valence-electron chi connectivity index (χ2n) is 3.31. The van der Waals surface area contributed by atoms with Crippen LogP contribution in [0.5, 0.6) is 0 Å². The zero-order chi connectivity index (χ0) is 12.3. The van der Waals surface area contributed by atoms with E-state index in [1.54, 1.807) is 6.20 Å². The molecule has 6 nitrogen and oxygen atoms in total. The predicted octanol–water partition coefficient (Wildman–Crippen LogP) is 0.646. The summed E-state index contributed by atoms with van der Waals surface area (Å²) < 4.78 is 0. The Kier molecular flexibility index (Phi) is 3.40. The number of nitrogens with zero attached hydrogens (tertiary/aromatic N) is 3. The SMILES string of the molecule is NCc1ccc(Sc2nc(N)cc(N)n2)nc1. The summed E-state index contributed by atoms with van der Waals surface area (Å²) in [5.74, 6) is 0.692. The molecule has 0 saturated carbocycles. The van der Waals surface area contributed by atoms with Crippen molar-refractivity contribution in [1.29, 1.82) is 0 Å². The highest BCUT2D eigenvalue weighted by Crippen LogP contribution is 2.23. The number of hydrogen-bond acceptors (Lipinski definition) is 7. The normalized spacial score (nSPS) is 10.4. The summed E-state index contributed by atoms with van der Waals surface area (Å²) in [5, 5.41) is 1.25. The van der Waals surface area contributed by atoms with Gasteiger partial charge in [-0.1, -0.05) is 6.07 Å². The monoisotopic (exact) mass is 248 g/mol. The van der Waals surface area contributed by atoms with Gasteiger partial charge >= 0.3 is 0 Å². The molecule has 2 rings (SSSR count). The third-order valence-corrected chi connectivity index (χ3v) is 2.79. The van der Waals surface area contributed by atoms with E-state index in [0.717, 1.165) is 10.6 Å². The van der Waals surface area contributed by atoms with E-state index in [4.69, 9.17) is 17.2 Å². The molecular weight excluding hydrogens is 236 g/mol. The Hall–Kier alpha value is -1.86. The van der Waals surface area contributed by atoms with Gasteiger partial charge in [-0.3, -0.25) is 0 Å². The quantitative estimate of drug-likeness (QED) is 0.682. The number of nitrogen functional groups attached to an aromatic ring is 2. The Labute approximate surface area is 103 Å². The Balaban J connectivity index is 2.19. The van der Waals surface area contributed by atoms with E-state index < -0.39 is 0 Å². The van der Waals surface area contributed by atoms with Crippen LogP contribution in [0.3, 0.4) is 0 Å². The van der Waals surface area contributed by atoms with Gasteiger partial charge in [0.05, 0.1) is 0 Å². The van der Waals surface area contributed by atoms with Crippen LogP contribution in [0.4, 0.5) is 11.6 Å². The molecule has 2 heterocycles. The van der Waals surface area contributed by atoms with Crippen LogP contribution in [0.1, 0.15) is 5.56 Å². The Morgan fingerprint density at radius 2 is 1.82 bits per heavy atom. The van der Waals surface area contributed by atoms with Gasteiger partial charge in [-0.2, -0.15) is 0 Å². The van der Waals surface area contributed by atoms with E-state index in [1.165, 1.54) is 17.8 Å². The second kappa shape index (κ2) is 4.98. The van der Waals surface area contributed by atoms with E-state index >= 15 is 0 Å². The number of anilines is 2. The highest BCUT2D eigenvalue weighted by molar-refractivity contribution is 7.99. The molecule has 0 saturated heterocycles.